The molecule has 0 aliphatic rings. The van der Waals surface area contributed by atoms with Gasteiger partial charge in [0, 0.05) is 18.0 Å². The Kier molecular flexibility index (Phi) is 4.53. The van der Waals surface area contributed by atoms with E-state index in [4.69, 9.17) is 4.74 Å². The Morgan fingerprint density at radius 1 is 1.35 bits per heavy atom. The Morgan fingerprint density at radius 3 is 2.88 bits per heavy atom. The molecular formula is C13H16N2OS. The van der Waals surface area contributed by atoms with Gasteiger partial charge in [-0.25, -0.2) is 4.98 Å². The molecule has 0 saturated carbocycles. The Labute approximate surface area is 105 Å². The van der Waals surface area contributed by atoms with E-state index in [1.54, 1.807) is 11.3 Å². The number of para-hydroxylation sites is 1. The number of thiazole rings is 1. The lowest BCUT2D eigenvalue weighted by atomic mass is 10.2. The summed E-state index contributed by atoms with van der Waals surface area (Å²) in [6.45, 7) is 3.59. The topological polar surface area (TPSA) is 34.1 Å². The molecule has 0 fully saturated rings. The van der Waals surface area contributed by atoms with E-state index in [9.17, 15) is 0 Å². The van der Waals surface area contributed by atoms with Crippen molar-refractivity contribution < 1.29 is 4.74 Å². The Balaban J connectivity index is 1.67. The van der Waals surface area contributed by atoms with Crippen LogP contribution in [0.3, 0.4) is 0 Å². The fourth-order valence-electron chi connectivity index (χ4n) is 1.50. The van der Waals surface area contributed by atoms with Crippen LogP contribution < -0.4 is 10.1 Å². The van der Waals surface area contributed by atoms with E-state index in [1.807, 2.05) is 35.8 Å². The molecule has 0 radical (unpaired) electrons. The Bertz CT molecular complexity index is 416. The van der Waals surface area contributed by atoms with Crippen LogP contribution in [0.4, 0.5) is 0 Å². The van der Waals surface area contributed by atoms with Gasteiger partial charge in [-0.15, -0.1) is 11.3 Å². The van der Waals surface area contributed by atoms with Crippen molar-refractivity contribution in [1.82, 2.24) is 10.3 Å². The van der Waals surface area contributed by atoms with Crippen molar-refractivity contribution in [2.45, 2.75) is 13.0 Å². The maximum atomic E-state index is 5.59. The van der Waals surface area contributed by atoms with E-state index < -0.39 is 0 Å². The highest BCUT2D eigenvalue weighted by atomic mass is 32.1. The van der Waals surface area contributed by atoms with Crippen LogP contribution in [0.25, 0.3) is 0 Å². The van der Waals surface area contributed by atoms with Crippen LogP contribution in [0.15, 0.2) is 41.2 Å². The lowest BCUT2D eigenvalue weighted by Crippen LogP contribution is -2.24. The highest BCUT2D eigenvalue weighted by molar-refractivity contribution is 7.07. The first-order valence-corrected chi connectivity index (χ1v) is 6.60. The average Bonchev–Trinajstić information content (AvgIpc) is 2.89. The van der Waals surface area contributed by atoms with Gasteiger partial charge < -0.3 is 10.1 Å². The lowest BCUT2D eigenvalue weighted by Gasteiger charge is -2.12. The molecule has 0 aliphatic carbocycles. The van der Waals surface area contributed by atoms with Crippen LogP contribution in [0.1, 0.15) is 18.7 Å². The molecule has 1 unspecified atom stereocenters. The molecular weight excluding hydrogens is 232 g/mol. The largest absolute Gasteiger partial charge is 0.492 e. The number of hydrogen-bond donors (Lipinski definition) is 1. The molecule has 0 amide bonds. The molecule has 0 aliphatic heterocycles. The molecule has 0 spiro atoms. The molecule has 1 heterocycles. The molecule has 1 atom stereocenters. The van der Waals surface area contributed by atoms with E-state index in [0.29, 0.717) is 6.61 Å². The van der Waals surface area contributed by atoms with E-state index >= 15 is 0 Å². The zero-order valence-electron chi connectivity index (χ0n) is 9.80. The number of benzene rings is 1. The quantitative estimate of drug-likeness (QED) is 0.798. The van der Waals surface area contributed by atoms with Crippen molar-refractivity contribution in [2.24, 2.45) is 0 Å². The third-order valence-corrected chi connectivity index (χ3v) is 3.06. The van der Waals surface area contributed by atoms with Crippen LogP contribution in [0, 0.1) is 0 Å². The van der Waals surface area contributed by atoms with Crippen molar-refractivity contribution >= 4 is 11.3 Å². The molecule has 2 rings (SSSR count). The second-order valence-corrected chi connectivity index (χ2v) is 4.47. The first-order chi connectivity index (χ1) is 8.36. The summed E-state index contributed by atoms with van der Waals surface area (Å²) in [5, 5.41) is 5.44. The number of ether oxygens (including phenoxy) is 1. The van der Waals surface area contributed by atoms with Gasteiger partial charge in [0.05, 0.1) is 11.2 Å². The van der Waals surface area contributed by atoms with Crippen LogP contribution in [0.2, 0.25) is 0 Å². The van der Waals surface area contributed by atoms with Gasteiger partial charge in [-0.1, -0.05) is 18.2 Å². The fraction of sp³-hybridized carbons (Fsp3) is 0.308. The highest BCUT2D eigenvalue weighted by Crippen LogP contribution is 2.11. The molecule has 4 heteroatoms. The normalized spacial score (nSPS) is 12.3. The van der Waals surface area contributed by atoms with Gasteiger partial charge in [-0.05, 0) is 19.1 Å². The van der Waals surface area contributed by atoms with Gasteiger partial charge in [0.25, 0.3) is 0 Å². The van der Waals surface area contributed by atoms with Gasteiger partial charge in [0.15, 0.2) is 0 Å². The lowest BCUT2D eigenvalue weighted by molar-refractivity contribution is 0.307. The van der Waals surface area contributed by atoms with Gasteiger partial charge in [-0.2, -0.15) is 0 Å². The smallest absolute Gasteiger partial charge is 0.119 e. The third kappa shape index (κ3) is 3.84. The van der Waals surface area contributed by atoms with E-state index in [2.05, 4.69) is 22.6 Å². The number of rotatable bonds is 6. The summed E-state index contributed by atoms with van der Waals surface area (Å²) in [6.07, 6.45) is 0. The maximum Gasteiger partial charge on any atom is 0.119 e. The first-order valence-electron chi connectivity index (χ1n) is 5.65. The summed E-state index contributed by atoms with van der Waals surface area (Å²) in [6, 6.07) is 10.1. The van der Waals surface area contributed by atoms with E-state index in [0.717, 1.165) is 18.0 Å². The Hall–Kier alpha value is -1.39. The maximum absolute atomic E-state index is 5.59. The van der Waals surface area contributed by atoms with Crippen LogP contribution in [-0.4, -0.2) is 18.1 Å². The van der Waals surface area contributed by atoms with Gasteiger partial charge in [0.1, 0.15) is 12.4 Å². The number of nitrogens with zero attached hydrogens (tertiary/aromatic N) is 1. The molecule has 1 aromatic carbocycles. The zero-order valence-corrected chi connectivity index (χ0v) is 10.6. The van der Waals surface area contributed by atoms with Gasteiger partial charge >= 0.3 is 0 Å². The van der Waals surface area contributed by atoms with Crippen LogP contribution in [0.5, 0.6) is 5.75 Å². The molecule has 1 aromatic heterocycles. The molecule has 1 N–H and O–H groups in total. The Morgan fingerprint density at radius 2 is 2.18 bits per heavy atom. The predicted octanol–water partition coefficient (Wildman–Crippen LogP) is 2.87. The van der Waals surface area contributed by atoms with Crippen molar-refractivity contribution in [3.8, 4) is 5.75 Å². The molecule has 3 nitrogen and oxygen atoms in total. The predicted molar refractivity (Wildman–Crippen MR) is 70.5 cm³/mol. The standard InChI is InChI=1S/C13H16N2OS/c1-11(13-9-17-10-15-13)14-7-8-16-12-5-3-2-4-6-12/h2-6,9-11,14H,7-8H2,1H3. The average molecular weight is 248 g/mol. The minimum absolute atomic E-state index is 0.278. The molecule has 0 saturated heterocycles. The third-order valence-electron chi connectivity index (χ3n) is 2.46. The summed E-state index contributed by atoms with van der Waals surface area (Å²) in [7, 11) is 0. The van der Waals surface area contributed by atoms with Crippen molar-refractivity contribution in [1.29, 1.82) is 0 Å². The van der Waals surface area contributed by atoms with Crippen LogP contribution in [-0.2, 0) is 0 Å². The number of hydrogen-bond acceptors (Lipinski definition) is 4. The monoisotopic (exact) mass is 248 g/mol. The molecule has 17 heavy (non-hydrogen) atoms. The zero-order chi connectivity index (χ0) is 11.9. The van der Waals surface area contributed by atoms with Crippen molar-refractivity contribution in [2.75, 3.05) is 13.2 Å². The SMILES string of the molecule is CC(NCCOc1ccccc1)c1cscn1. The van der Waals surface area contributed by atoms with Crippen molar-refractivity contribution in [3.05, 3.63) is 46.9 Å². The highest BCUT2D eigenvalue weighted by Gasteiger charge is 2.05. The number of nitrogens with one attached hydrogen (secondary N) is 1. The summed E-state index contributed by atoms with van der Waals surface area (Å²) in [4.78, 5) is 4.27. The van der Waals surface area contributed by atoms with Gasteiger partial charge in [-0.3, -0.25) is 0 Å². The van der Waals surface area contributed by atoms with Gasteiger partial charge in [0.2, 0.25) is 0 Å². The van der Waals surface area contributed by atoms with Crippen molar-refractivity contribution in [3.63, 3.8) is 0 Å². The summed E-state index contributed by atoms with van der Waals surface area (Å²) >= 11 is 1.62. The molecule has 2 aromatic rings. The second-order valence-electron chi connectivity index (χ2n) is 3.75. The van der Waals surface area contributed by atoms with E-state index in [1.165, 1.54) is 0 Å². The summed E-state index contributed by atoms with van der Waals surface area (Å²) < 4.78 is 5.59. The first kappa shape index (κ1) is 12.1. The minimum atomic E-state index is 0.278. The van der Waals surface area contributed by atoms with Crippen LogP contribution >= 0.6 is 11.3 Å². The minimum Gasteiger partial charge on any atom is -0.492 e. The molecule has 0 bridgehead atoms. The fourth-order valence-corrected chi connectivity index (χ4v) is 2.15. The summed E-state index contributed by atoms with van der Waals surface area (Å²) in [5.74, 6) is 0.913. The second kappa shape index (κ2) is 6.37. The summed E-state index contributed by atoms with van der Waals surface area (Å²) in [5.41, 5.74) is 2.95. The molecule has 90 valence electrons. The van der Waals surface area contributed by atoms with E-state index in [-0.39, 0.29) is 6.04 Å². The number of aromatic nitrogens is 1.